The quantitative estimate of drug-likeness (QED) is 0.844. The Kier molecular flexibility index (Phi) is 7.78. The Labute approximate surface area is 155 Å². The lowest BCUT2D eigenvalue weighted by atomic mass is 9.67. The van der Waals surface area contributed by atoms with Gasteiger partial charge in [0.2, 0.25) is 5.91 Å². The van der Waals surface area contributed by atoms with Crippen LogP contribution in [0.25, 0.3) is 0 Å². The Hall–Kier alpha value is -0.360. The van der Waals surface area contributed by atoms with Crippen LogP contribution in [0.1, 0.15) is 41.3 Å². The van der Waals surface area contributed by atoms with E-state index in [0.29, 0.717) is 12.5 Å². The molecular weight excluding hydrogens is 353 g/mol. The summed E-state index contributed by atoms with van der Waals surface area (Å²) < 4.78 is 0. The molecule has 7 heteroatoms. The third-order valence-corrected chi connectivity index (χ3v) is 6.32. The van der Waals surface area contributed by atoms with Crippen LogP contribution in [0.15, 0.2) is 0 Å². The van der Waals surface area contributed by atoms with Crippen LogP contribution in [0.2, 0.25) is 0 Å². The van der Waals surface area contributed by atoms with Gasteiger partial charge in [0.1, 0.15) is 0 Å². The van der Waals surface area contributed by atoms with Crippen LogP contribution in [0.5, 0.6) is 0 Å². The maximum Gasteiger partial charge on any atom is 0.227 e. The number of nitrogens with zero attached hydrogens (tertiary/aromatic N) is 1. The topological polar surface area (TPSA) is 54.0 Å². The molecule has 0 spiro atoms. The highest BCUT2D eigenvalue weighted by molar-refractivity contribution is 7.11. The summed E-state index contributed by atoms with van der Waals surface area (Å²) in [5.41, 5.74) is 0.986. The number of amides is 1. The number of thiazole rings is 1. The highest BCUT2D eigenvalue weighted by Crippen LogP contribution is 2.43. The molecule has 0 unspecified atom stereocenters. The minimum absolute atomic E-state index is 0. The summed E-state index contributed by atoms with van der Waals surface area (Å²) in [5.74, 6) is 0.804. The molecule has 2 atom stereocenters. The second-order valence-corrected chi connectivity index (χ2v) is 7.77. The van der Waals surface area contributed by atoms with Crippen LogP contribution < -0.4 is 10.6 Å². The maximum absolute atomic E-state index is 12.7. The van der Waals surface area contributed by atoms with E-state index in [1.165, 1.54) is 24.1 Å². The fourth-order valence-electron chi connectivity index (χ4n) is 3.80. The normalized spacial score (nSPS) is 25.9. The summed E-state index contributed by atoms with van der Waals surface area (Å²) in [4.78, 5) is 18.5. The summed E-state index contributed by atoms with van der Waals surface area (Å²) in [6.07, 6.45) is 5.56. The third-order valence-electron chi connectivity index (χ3n) is 5.19. The highest BCUT2D eigenvalue weighted by Gasteiger charge is 2.49. The maximum atomic E-state index is 12.7. The summed E-state index contributed by atoms with van der Waals surface area (Å²) in [6, 6.07) is 0. The van der Waals surface area contributed by atoms with Gasteiger partial charge < -0.3 is 10.6 Å². The van der Waals surface area contributed by atoms with Crippen LogP contribution in [0.3, 0.4) is 0 Å². The Balaban J connectivity index is 0.00000132. The molecule has 2 N–H and O–H groups in total. The molecule has 3 rings (SSSR count). The van der Waals surface area contributed by atoms with Crippen molar-refractivity contribution in [1.82, 2.24) is 15.6 Å². The van der Waals surface area contributed by atoms with Crippen molar-refractivity contribution in [3.05, 3.63) is 15.6 Å². The van der Waals surface area contributed by atoms with Crippen molar-refractivity contribution in [3.8, 4) is 0 Å². The second kappa shape index (κ2) is 8.65. The molecule has 23 heavy (non-hydrogen) atoms. The molecule has 2 aliphatic rings. The Morgan fingerprint density at radius 3 is 2.87 bits per heavy atom. The minimum Gasteiger partial charge on any atom is -0.355 e. The molecule has 1 amide bonds. The van der Waals surface area contributed by atoms with Gasteiger partial charge in [0.25, 0.3) is 0 Å². The molecule has 0 aromatic carbocycles. The van der Waals surface area contributed by atoms with Crippen LogP contribution in [-0.4, -0.2) is 30.5 Å². The Morgan fingerprint density at radius 1 is 1.39 bits per heavy atom. The number of halogens is 2. The van der Waals surface area contributed by atoms with E-state index in [2.05, 4.69) is 22.5 Å². The number of rotatable bonds is 4. The Bertz CT molecular complexity index is 518. The third kappa shape index (κ3) is 4.19. The van der Waals surface area contributed by atoms with Crippen molar-refractivity contribution in [2.45, 2.75) is 46.0 Å². The average molecular weight is 380 g/mol. The molecule has 1 saturated carbocycles. The van der Waals surface area contributed by atoms with Gasteiger partial charge in [0, 0.05) is 24.4 Å². The van der Waals surface area contributed by atoms with E-state index in [1.807, 2.05) is 6.92 Å². The monoisotopic (exact) mass is 379 g/mol. The first-order valence-electron chi connectivity index (χ1n) is 8.04. The number of carbonyl (C=O) groups is 1. The van der Waals surface area contributed by atoms with Gasteiger partial charge >= 0.3 is 0 Å². The second-order valence-electron chi connectivity index (χ2n) is 6.48. The minimum atomic E-state index is -0.132. The zero-order chi connectivity index (χ0) is 14.9. The highest BCUT2D eigenvalue weighted by atomic mass is 35.5. The van der Waals surface area contributed by atoms with Gasteiger partial charge in [-0.3, -0.25) is 4.79 Å². The predicted molar refractivity (Wildman–Crippen MR) is 100 cm³/mol. The van der Waals surface area contributed by atoms with Gasteiger partial charge in [-0.25, -0.2) is 4.98 Å². The molecule has 0 bridgehead atoms. The number of nitrogens with one attached hydrogen (secondary N) is 2. The van der Waals surface area contributed by atoms with Crippen LogP contribution >= 0.6 is 36.2 Å². The van der Waals surface area contributed by atoms with Crippen molar-refractivity contribution < 1.29 is 4.79 Å². The fraction of sp³-hybridized carbons (Fsp3) is 0.750. The zero-order valence-corrected chi connectivity index (χ0v) is 16.3. The first-order valence-corrected chi connectivity index (χ1v) is 8.85. The van der Waals surface area contributed by atoms with Crippen LogP contribution in [-0.2, 0) is 11.2 Å². The number of aryl methyl sites for hydroxylation is 2. The number of carbonyl (C=O) groups excluding carboxylic acids is 1. The summed E-state index contributed by atoms with van der Waals surface area (Å²) in [6.45, 7) is 6.73. The van der Waals surface area contributed by atoms with Crippen molar-refractivity contribution in [2.75, 3.05) is 19.6 Å². The standard InChI is InChI=1S/C16H25N3OS.2ClH/c1-11-12(2)21-14(19-11)6-8-18-15(20)16-7-4-3-5-13(16)9-17-10-16;;/h13,17H,3-10H2,1-2H3,(H,18,20);2*1H/t13-,16+;;/m0../s1. The van der Waals surface area contributed by atoms with Gasteiger partial charge in [-0.15, -0.1) is 36.2 Å². The van der Waals surface area contributed by atoms with Gasteiger partial charge in [-0.05, 0) is 39.2 Å². The SMILES string of the molecule is Cc1nc(CCNC(=O)[C@@]23CCCC[C@H]2CNC3)sc1C.Cl.Cl. The van der Waals surface area contributed by atoms with Crippen molar-refractivity contribution >= 4 is 42.1 Å². The first-order chi connectivity index (χ1) is 10.1. The Morgan fingerprint density at radius 2 is 2.17 bits per heavy atom. The molecule has 1 aliphatic heterocycles. The lowest BCUT2D eigenvalue weighted by Crippen LogP contribution is -2.48. The largest absolute Gasteiger partial charge is 0.355 e. The summed E-state index contributed by atoms with van der Waals surface area (Å²) in [5, 5.41) is 7.75. The van der Waals surface area contributed by atoms with Gasteiger partial charge in [0.15, 0.2) is 0 Å². The molecule has 0 radical (unpaired) electrons. The fourth-order valence-corrected chi connectivity index (χ4v) is 4.73. The number of fused-ring (bicyclic) bond motifs is 1. The van der Waals surface area contributed by atoms with Crippen LogP contribution in [0.4, 0.5) is 0 Å². The predicted octanol–water partition coefficient (Wildman–Crippen LogP) is 3.04. The molecule has 1 saturated heterocycles. The van der Waals surface area contributed by atoms with Crippen molar-refractivity contribution in [3.63, 3.8) is 0 Å². The van der Waals surface area contributed by atoms with E-state index in [-0.39, 0.29) is 36.1 Å². The van der Waals surface area contributed by atoms with E-state index in [0.717, 1.165) is 36.6 Å². The average Bonchev–Trinajstić information content (AvgIpc) is 3.04. The first kappa shape index (κ1) is 20.7. The van der Waals surface area contributed by atoms with E-state index in [1.54, 1.807) is 11.3 Å². The summed E-state index contributed by atoms with van der Waals surface area (Å²) >= 11 is 1.74. The van der Waals surface area contributed by atoms with E-state index in [9.17, 15) is 4.79 Å². The molecule has 4 nitrogen and oxygen atoms in total. The number of hydrogen-bond acceptors (Lipinski definition) is 4. The van der Waals surface area contributed by atoms with Gasteiger partial charge in [-0.2, -0.15) is 0 Å². The smallest absolute Gasteiger partial charge is 0.227 e. The molecule has 1 aromatic rings. The summed E-state index contributed by atoms with van der Waals surface area (Å²) in [7, 11) is 0. The van der Waals surface area contributed by atoms with E-state index >= 15 is 0 Å². The van der Waals surface area contributed by atoms with Crippen molar-refractivity contribution in [2.24, 2.45) is 11.3 Å². The lowest BCUT2D eigenvalue weighted by Gasteiger charge is -2.37. The molecule has 132 valence electrons. The number of hydrogen-bond donors (Lipinski definition) is 2. The van der Waals surface area contributed by atoms with Gasteiger partial charge in [-0.1, -0.05) is 12.8 Å². The lowest BCUT2D eigenvalue weighted by molar-refractivity contribution is -0.133. The molecule has 1 aromatic heterocycles. The van der Waals surface area contributed by atoms with Gasteiger partial charge in [0.05, 0.1) is 16.1 Å². The van der Waals surface area contributed by atoms with E-state index in [4.69, 9.17) is 0 Å². The number of aromatic nitrogens is 1. The molecular formula is C16H27Cl2N3OS. The molecule has 2 fully saturated rings. The zero-order valence-electron chi connectivity index (χ0n) is 13.8. The molecule has 1 aliphatic carbocycles. The van der Waals surface area contributed by atoms with E-state index < -0.39 is 0 Å². The van der Waals surface area contributed by atoms with Crippen LogP contribution in [0, 0.1) is 25.2 Å². The van der Waals surface area contributed by atoms with Crippen molar-refractivity contribution in [1.29, 1.82) is 0 Å². The molecule has 2 heterocycles.